The van der Waals surface area contributed by atoms with Crippen LogP contribution in [0.3, 0.4) is 0 Å². The first-order valence-corrected chi connectivity index (χ1v) is 14.0. The lowest BCUT2D eigenvalue weighted by Gasteiger charge is -2.33. The number of benzene rings is 2. The molecule has 11 heteroatoms. The van der Waals surface area contributed by atoms with Crippen molar-refractivity contribution in [3.8, 4) is 11.8 Å². The fourth-order valence-electron chi connectivity index (χ4n) is 4.16. The van der Waals surface area contributed by atoms with Gasteiger partial charge in [-0.1, -0.05) is 36.4 Å². The second-order valence-electron chi connectivity index (χ2n) is 12.2. The van der Waals surface area contributed by atoms with Crippen molar-refractivity contribution in [1.29, 1.82) is 5.26 Å². The van der Waals surface area contributed by atoms with Gasteiger partial charge in [0.15, 0.2) is 0 Å². The molecule has 2 aromatic rings. The third kappa shape index (κ3) is 11.0. The van der Waals surface area contributed by atoms with Crippen LogP contribution in [0.5, 0.6) is 5.75 Å². The monoisotopic (exact) mass is 594 g/mol. The van der Waals surface area contributed by atoms with Crippen LogP contribution in [0.2, 0.25) is 0 Å². The lowest BCUT2D eigenvalue weighted by atomic mass is 9.99. The molecule has 3 N–H and O–H groups in total. The third-order valence-corrected chi connectivity index (χ3v) is 6.01. The number of nitrogens with zero attached hydrogens (tertiary/aromatic N) is 2. The molecule has 2 rings (SSSR count). The number of rotatable bonds is 10. The zero-order valence-electron chi connectivity index (χ0n) is 26.1. The van der Waals surface area contributed by atoms with Crippen LogP contribution < -0.4 is 10.6 Å². The van der Waals surface area contributed by atoms with Crippen LogP contribution in [0.15, 0.2) is 48.5 Å². The largest absolute Gasteiger partial charge is 0.508 e. The Morgan fingerprint density at radius 3 is 2.09 bits per heavy atom. The molecule has 232 valence electrons. The molecule has 0 heterocycles. The molecule has 0 aliphatic carbocycles. The molecule has 0 aromatic heterocycles. The molecule has 11 nitrogen and oxygen atoms in total. The average molecular weight is 595 g/mol. The van der Waals surface area contributed by atoms with E-state index in [9.17, 15) is 29.5 Å². The van der Waals surface area contributed by atoms with Crippen LogP contribution in [-0.4, -0.2) is 63.7 Å². The van der Waals surface area contributed by atoms with Crippen molar-refractivity contribution in [3.05, 3.63) is 65.2 Å². The highest BCUT2D eigenvalue weighted by Crippen LogP contribution is 2.27. The van der Waals surface area contributed by atoms with Gasteiger partial charge in [-0.15, -0.1) is 0 Å². The summed E-state index contributed by atoms with van der Waals surface area (Å²) in [5.41, 5.74) is -0.192. The van der Waals surface area contributed by atoms with Crippen LogP contribution in [0.1, 0.15) is 71.2 Å². The van der Waals surface area contributed by atoms with Crippen molar-refractivity contribution >= 4 is 23.9 Å². The minimum atomic E-state index is -1.41. The highest BCUT2D eigenvalue weighted by molar-refractivity contribution is 5.94. The molecule has 0 aliphatic heterocycles. The number of amides is 3. The summed E-state index contributed by atoms with van der Waals surface area (Å²) in [6.45, 7) is 12.7. The Kier molecular flexibility index (Phi) is 11.7. The molecule has 2 aromatic carbocycles. The quantitative estimate of drug-likeness (QED) is 0.274. The number of carbonyl (C=O) groups excluding carboxylic acids is 4. The molecule has 0 radical (unpaired) electrons. The predicted molar refractivity (Wildman–Crippen MR) is 160 cm³/mol. The average Bonchev–Trinajstić information content (AvgIpc) is 2.88. The minimum Gasteiger partial charge on any atom is -0.508 e. The van der Waals surface area contributed by atoms with E-state index in [0.717, 1.165) is 10.5 Å². The van der Waals surface area contributed by atoms with Gasteiger partial charge in [-0.25, -0.2) is 9.59 Å². The van der Waals surface area contributed by atoms with E-state index >= 15 is 0 Å². The Morgan fingerprint density at radius 1 is 0.953 bits per heavy atom. The SMILES string of the molecule is Cc1cc(C(C(=O)NC(Cc2ccccc2)C(=O)OC(C)(C)C)N(CC#N)C(=O)C(C)NC(=O)OC(C)(C)C)ccc1O. The van der Waals surface area contributed by atoms with Crippen molar-refractivity contribution in [2.45, 2.75) is 91.1 Å². The predicted octanol–water partition coefficient (Wildman–Crippen LogP) is 4.08. The van der Waals surface area contributed by atoms with E-state index in [4.69, 9.17) is 9.47 Å². The number of aryl methyl sites for hydroxylation is 1. The minimum absolute atomic E-state index is 0.0308. The molecule has 0 fully saturated rings. The molecule has 3 atom stereocenters. The van der Waals surface area contributed by atoms with Crippen LogP contribution in [0.4, 0.5) is 4.79 Å². The summed E-state index contributed by atoms with van der Waals surface area (Å²) >= 11 is 0. The van der Waals surface area contributed by atoms with Gasteiger partial charge >= 0.3 is 12.1 Å². The second-order valence-corrected chi connectivity index (χ2v) is 12.2. The first kappa shape index (κ1) is 34.6. The summed E-state index contributed by atoms with van der Waals surface area (Å²) in [5.74, 6) is -2.21. The molecule has 0 saturated heterocycles. The number of carbonyl (C=O) groups is 4. The molecule has 0 saturated carbocycles. The number of nitrogens with one attached hydrogen (secondary N) is 2. The normalized spacial score (nSPS) is 13.5. The fraction of sp³-hybridized carbons (Fsp3) is 0.469. The lowest BCUT2D eigenvalue weighted by Crippen LogP contribution is -2.54. The maximum absolute atomic E-state index is 14.1. The Bertz CT molecular complexity index is 1340. The Morgan fingerprint density at radius 2 is 1.56 bits per heavy atom. The van der Waals surface area contributed by atoms with Gasteiger partial charge < -0.3 is 30.1 Å². The van der Waals surface area contributed by atoms with Gasteiger partial charge in [0.05, 0.1) is 6.07 Å². The van der Waals surface area contributed by atoms with E-state index in [2.05, 4.69) is 10.6 Å². The van der Waals surface area contributed by atoms with Gasteiger partial charge in [0, 0.05) is 6.42 Å². The summed E-state index contributed by atoms with van der Waals surface area (Å²) in [7, 11) is 0. The molecule has 3 amide bonds. The molecule has 0 bridgehead atoms. The summed E-state index contributed by atoms with van der Waals surface area (Å²) in [5, 5.41) is 25.0. The van der Waals surface area contributed by atoms with Gasteiger partial charge in [-0.2, -0.15) is 5.26 Å². The zero-order chi connectivity index (χ0) is 32.5. The Hall–Kier alpha value is -4.59. The van der Waals surface area contributed by atoms with Gasteiger partial charge in [0.2, 0.25) is 11.8 Å². The van der Waals surface area contributed by atoms with Gasteiger partial charge in [0.25, 0.3) is 0 Å². The fourth-order valence-corrected chi connectivity index (χ4v) is 4.16. The van der Waals surface area contributed by atoms with Gasteiger partial charge in [-0.3, -0.25) is 9.59 Å². The lowest BCUT2D eigenvalue weighted by molar-refractivity contribution is -0.159. The van der Waals surface area contributed by atoms with Gasteiger partial charge in [-0.05, 0) is 84.2 Å². The third-order valence-electron chi connectivity index (χ3n) is 6.01. The van der Waals surface area contributed by atoms with Gasteiger partial charge in [0.1, 0.15) is 41.6 Å². The topological polar surface area (TPSA) is 158 Å². The highest BCUT2D eigenvalue weighted by Gasteiger charge is 2.37. The first-order chi connectivity index (χ1) is 19.9. The molecule has 0 spiro atoms. The number of esters is 1. The zero-order valence-corrected chi connectivity index (χ0v) is 26.1. The van der Waals surface area contributed by atoms with E-state index in [1.807, 2.05) is 12.1 Å². The van der Waals surface area contributed by atoms with Crippen molar-refractivity contribution in [2.75, 3.05) is 6.54 Å². The number of aromatic hydroxyl groups is 1. The number of ether oxygens (including phenoxy) is 2. The standard InChI is InChI=1S/C32H42N4O7/c1-20-18-23(14-15-25(20)37)26(36(17-16-33)28(39)21(2)34-30(41)43-32(6,7)8)27(38)35-24(29(40)42-31(3,4)5)19-22-12-10-9-11-13-22/h9-15,18,21,24,26,37H,17,19H2,1-8H3,(H,34,41)(H,35,38). The van der Waals surface area contributed by atoms with Crippen LogP contribution >= 0.6 is 0 Å². The molecule has 3 unspecified atom stereocenters. The molecule has 43 heavy (non-hydrogen) atoms. The summed E-state index contributed by atoms with van der Waals surface area (Å²) < 4.78 is 10.8. The van der Waals surface area contributed by atoms with Crippen LogP contribution in [-0.2, 0) is 30.3 Å². The van der Waals surface area contributed by atoms with Crippen molar-refractivity contribution in [1.82, 2.24) is 15.5 Å². The molecular weight excluding hydrogens is 552 g/mol. The number of phenolic OH excluding ortho intramolecular Hbond substituents is 1. The van der Waals surface area contributed by atoms with E-state index < -0.39 is 59.7 Å². The molecular formula is C32H42N4O7. The number of hydrogen-bond donors (Lipinski definition) is 3. The summed E-state index contributed by atoms with van der Waals surface area (Å²) in [4.78, 5) is 54.4. The van der Waals surface area contributed by atoms with E-state index in [-0.39, 0.29) is 17.7 Å². The van der Waals surface area contributed by atoms with Crippen molar-refractivity contribution in [2.24, 2.45) is 0 Å². The van der Waals surface area contributed by atoms with Crippen LogP contribution in [0.25, 0.3) is 0 Å². The number of nitriles is 1. The number of alkyl carbamates (subject to hydrolysis) is 1. The Balaban J connectivity index is 2.53. The van der Waals surface area contributed by atoms with Crippen molar-refractivity contribution in [3.63, 3.8) is 0 Å². The second kappa shape index (κ2) is 14.5. The molecule has 0 aliphatic rings. The summed E-state index contributed by atoms with van der Waals surface area (Å²) in [6, 6.07) is 11.6. The summed E-state index contributed by atoms with van der Waals surface area (Å²) in [6.07, 6.45) is -0.745. The maximum atomic E-state index is 14.1. The highest BCUT2D eigenvalue weighted by atomic mass is 16.6. The maximum Gasteiger partial charge on any atom is 0.408 e. The Labute approximate surface area is 253 Å². The smallest absolute Gasteiger partial charge is 0.408 e. The number of hydrogen-bond acceptors (Lipinski definition) is 8. The van der Waals surface area contributed by atoms with Crippen LogP contribution in [0, 0.1) is 18.3 Å². The number of phenols is 1. The van der Waals surface area contributed by atoms with E-state index in [1.54, 1.807) is 72.7 Å². The first-order valence-electron chi connectivity index (χ1n) is 14.0. The van der Waals surface area contributed by atoms with E-state index in [1.165, 1.54) is 25.1 Å². The van der Waals surface area contributed by atoms with Crippen molar-refractivity contribution < 1.29 is 33.8 Å². The van der Waals surface area contributed by atoms with E-state index in [0.29, 0.717) is 5.56 Å².